The number of amides is 1. The lowest BCUT2D eigenvalue weighted by atomic mass is 9.75. The van der Waals surface area contributed by atoms with Gasteiger partial charge in [-0.15, -0.1) is 15.6 Å². The van der Waals surface area contributed by atoms with Crippen LogP contribution in [0, 0.1) is 5.92 Å². The number of oxime groups is 1. The number of carbonyl (C=O) groups is 2. The van der Waals surface area contributed by atoms with Gasteiger partial charge in [-0.2, -0.15) is 13.5 Å². The molecule has 1 saturated heterocycles. The average molecular weight is 640 g/mol. The number of aromatic nitrogens is 1. The van der Waals surface area contributed by atoms with Gasteiger partial charge in [-0.05, 0) is 65.0 Å². The number of hydrogen-bond donors (Lipinski definition) is 3. The van der Waals surface area contributed by atoms with Crippen molar-refractivity contribution in [2.24, 2.45) is 21.8 Å². The van der Waals surface area contributed by atoms with Gasteiger partial charge < -0.3 is 25.9 Å². The fourth-order valence-electron chi connectivity index (χ4n) is 4.22. The Bertz CT molecular complexity index is 1440. The average Bonchev–Trinajstić information content (AvgIpc) is 3.36. The van der Waals surface area contributed by atoms with Crippen LogP contribution in [0.4, 0.5) is 5.13 Å². The Kier molecular flexibility index (Phi) is 11.6. The molecular weight excluding hydrogens is 602 g/mol. The van der Waals surface area contributed by atoms with E-state index in [1.807, 2.05) is 31.1 Å². The maximum absolute atomic E-state index is 13.0. The summed E-state index contributed by atoms with van der Waals surface area (Å²) >= 11 is 1.15. The van der Waals surface area contributed by atoms with E-state index in [9.17, 15) is 18.0 Å². The van der Waals surface area contributed by atoms with E-state index < -0.39 is 27.8 Å². The predicted octanol–water partition coefficient (Wildman–Crippen LogP) is 1.50. The lowest BCUT2D eigenvalue weighted by Crippen LogP contribution is -2.67. The number of nitrogen functional groups attached to an aromatic ring is 1. The Balaban J connectivity index is 1.51. The number of hydroxylamine groups is 2. The third-order valence-corrected chi connectivity index (χ3v) is 7.56. The lowest BCUT2D eigenvalue weighted by Gasteiger charge is -2.51. The Morgan fingerprint density at radius 1 is 1.23 bits per heavy atom. The molecule has 1 fully saturated rings. The molecule has 3 rings (SSSR count). The zero-order chi connectivity index (χ0) is 31.8. The second-order valence-corrected chi connectivity index (χ2v) is 12.3. The molecule has 1 aliphatic heterocycles. The topological polar surface area (TPSA) is 212 Å². The summed E-state index contributed by atoms with van der Waals surface area (Å²) in [5.41, 5.74) is 11.8. The van der Waals surface area contributed by atoms with E-state index in [0.29, 0.717) is 29.6 Å². The van der Waals surface area contributed by atoms with Crippen molar-refractivity contribution in [3.8, 4) is 5.75 Å². The van der Waals surface area contributed by atoms with Gasteiger partial charge in [0.15, 0.2) is 23.2 Å². The van der Waals surface area contributed by atoms with Gasteiger partial charge in [0.1, 0.15) is 23.9 Å². The minimum absolute atomic E-state index is 0.0168. The Labute approximate surface area is 254 Å². The third kappa shape index (κ3) is 9.69. The van der Waals surface area contributed by atoms with Crippen molar-refractivity contribution >= 4 is 50.1 Å². The van der Waals surface area contributed by atoms with Crippen molar-refractivity contribution < 1.29 is 36.4 Å². The highest BCUT2D eigenvalue weighted by molar-refractivity contribution is 7.80. The molecule has 2 aromatic rings. The molecule has 0 radical (unpaired) electrons. The number of thiazole rings is 1. The van der Waals surface area contributed by atoms with Crippen LogP contribution in [0.1, 0.15) is 44.4 Å². The molecule has 15 nitrogen and oxygen atoms in total. The van der Waals surface area contributed by atoms with Crippen LogP contribution in [-0.4, -0.2) is 97.1 Å². The highest BCUT2D eigenvalue weighted by Crippen LogP contribution is 2.41. The molecule has 0 saturated carbocycles. The Morgan fingerprint density at radius 2 is 1.93 bits per heavy atom. The number of β-lactam (4-membered cyclic amide) rings is 1. The van der Waals surface area contributed by atoms with Crippen LogP contribution in [0.2, 0.25) is 0 Å². The number of rotatable bonds is 17. The Morgan fingerprint density at radius 3 is 2.51 bits per heavy atom. The molecule has 1 amide bonds. The molecule has 5 N–H and O–H groups in total. The second-order valence-electron chi connectivity index (χ2n) is 10.4. The summed E-state index contributed by atoms with van der Waals surface area (Å²) in [5.74, 6) is -0.545. The summed E-state index contributed by atoms with van der Waals surface area (Å²) in [6, 6.07) is 7.15. The van der Waals surface area contributed by atoms with Crippen molar-refractivity contribution in [3.63, 3.8) is 0 Å². The maximum Gasteiger partial charge on any atom is 0.418 e. The van der Waals surface area contributed by atoms with Crippen LogP contribution >= 0.6 is 11.3 Å². The zero-order valence-corrected chi connectivity index (χ0v) is 26.1. The first-order valence-electron chi connectivity index (χ1n) is 13.3. The van der Waals surface area contributed by atoms with Crippen molar-refractivity contribution in [2.75, 3.05) is 46.1 Å². The number of Topliss-reactive ketones (excluding diaryl/α,β-unsaturated/α-hetero) is 1. The quantitative estimate of drug-likeness (QED) is 0.0561. The molecule has 1 aromatic carbocycles. The molecule has 2 heterocycles. The van der Waals surface area contributed by atoms with Crippen LogP contribution in [0.3, 0.4) is 0 Å². The van der Waals surface area contributed by atoms with E-state index in [-0.39, 0.29) is 48.4 Å². The summed E-state index contributed by atoms with van der Waals surface area (Å²) in [4.78, 5) is 41.3. The number of hydrogen-bond acceptors (Lipinski definition) is 13. The fourth-order valence-corrected chi connectivity index (χ4v) is 5.22. The number of anilines is 1. The fraction of sp³-hybridized carbons (Fsp3) is 0.500. The van der Waals surface area contributed by atoms with E-state index in [0.717, 1.165) is 23.4 Å². The predicted molar refractivity (Wildman–Crippen MR) is 161 cm³/mol. The van der Waals surface area contributed by atoms with Crippen molar-refractivity contribution in [2.45, 2.75) is 38.6 Å². The smallest absolute Gasteiger partial charge is 0.418 e. The van der Waals surface area contributed by atoms with Crippen LogP contribution in [-0.2, 0) is 29.1 Å². The summed E-state index contributed by atoms with van der Waals surface area (Å²) < 4.78 is 40.9. The van der Waals surface area contributed by atoms with Crippen LogP contribution in [0.25, 0.3) is 0 Å². The van der Waals surface area contributed by atoms with Gasteiger partial charge in [-0.25, -0.2) is 4.98 Å². The minimum Gasteiger partial charge on any atom is -0.490 e. The highest BCUT2D eigenvalue weighted by atomic mass is 32.3. The van der Waals surface area contributed by atoms with Crippen molar-refractivity contribution in [1.29, 1.82) is 0 Å². The number of nitrogens with zero attached hydrogens (tertiary/aromatic N) is 5. The van der Waals surface area contributed by atoms with Gasteiger partial charge in [-0.3, -0.25) is 19.1 Å². The highest BCUT2D eigenvalue weighted by Gasteiger charge is 2.56. The molecule has 1 aliphatic rings. The van der Waals surface area contributed by atoms with Gasteiger partial charge in [0, 0.05) is 23.9 Å². The molecule has 0 bridgehead atoms. The number of aliphatic imine (C=N–C) groups is 1. The number of amidine groups is 1. The molecular formula is C26H37N7O8S2. The van der Waals surface area contributed by atoms with E-state index >= 15 is 0 Å². The zero-order valence-electron chi connectivity index (χ0n) is 24.4. The second kappa shape index (κ2) is 14.7. The normalized spacial score (nSPS) is 17.2. The molecule has 1 unspecified atom stereocenters. The van der Waals surface area contributed by atoms with E-state index in [1.54, 1.807) is 31.4 Å². The van der Waals surface area contributed by atoms with Crippen LogP contribution in [0.5, 0.6) is 5.75 Å². The summed E-state index contributed by atoms with van der Waals surface area (Å²) in [7, 11) is -0.907. The standard InChI is InChI=1S/C26H37N7O8S2/c1-26(2)19(24(35)33(26)41-43(36,37)38)6-5-7-21(34)22(20-16-42-25(28)30-20)31-40-15-14-39-18-10-8-17(9-11-18)23(27)29-12-13-32(3)4/h8-11,16,19H,5-7,12-15H2,1-4H3,(H2,27,29)(H2,28,30)(H,36,37,38). The first kappa shape index (κ1) is 33.9. The van der Waals surface area contributed by atoms with E-state index in [2.05, 4.69) is 19.4 Å². The van der Waals surface area contributed by atoms with Gasteiger partial charge >= 0.3 is 10.4 Å². The minimum atomic E-state index is -4.84. The summed E-state index contributed by atoms with van der Waals surface area (Å²) in [6.07, 6.45) is 0.584. The number of nitrogens with two attached hydrogens (primary N) is 2. The van der Waals surface area contributed by atoms with Gasteiger partial charge in [0.25, 0.3) is 5.91 Å². The number of carbonyl (C=O) groups excluding carboxylic acids is 2. The molecule has 1 atom stereocenters. The first-order valence-corrected chi connectivity index (χ1v) is 15.6. The molecule has 17 heteroatoms. The number of ketones is 1. The molecule has 236 valence electrons. The molecule has 1 aromatic heterocycles. The largest absolute Gasteiger partial charge is 0.490 e. The van der Waals surface area contributed by atoms with Gasteiger partial charge in [-0.1, -0.05) is 5.16 Å². The molecule has 0 aliphatic carbocycles. The van der Waals surface area contributed by atoms with Crippen molar-refractivity contribution in [1.82, 2.24) is 14.9 Å². The van der Waals surface area contributed by atoms with Crippen molar-refractivity contribution in [3.05, 3.63) is 40.9 Å². The number of likely N-dealkylation sites (N-methyl/N-ethyl adjacent to an activating group) is 1. The van der Waals surface area contributed by atoms with E-state index in [1.165, 1.54) is 0 Å². The van der Waals surface area contributed by atoms with E-state index in [4.69, 9.17) is 25.6 Å². The monoisotopic (exact) mass is 639 g/mol. The first-order chi connectivity index (χ1) is 20.2. The number of benzene rings is 1. The van der Waals surface area contributed by atoms with Crippen LogP contribution < -0.4 is 16.2 Å². The summed E-state index contributed by atoms with van der Waals surface area (Å²) in [5, 5.41) is 6.45. The summed E-state index contributed by atoms with van der Waals surface area (Å²) in [6.45, 7) is 4.78. The molecule has 0 spiro atoms. The Hall–Kier alpha value is -3.64. The molecule has 43 heavy (non-hydrogen) atoms. The van der Waals surface area contributed by atoms with Crippen LogP contribution in [0.15, 0.2) is 39.8 Å². The van der Waals surface area contributed by atoms with Gasteiger partial charge in [0.05, 0.1) is 18.0 Å². The third-order valence-electron chi connectivity index (χ3n) is 6.55. The lowest BCUT2D eigenvalue weighted by molar-refractivity contribution is -0.229. The number of ether oxygens (including phenoxy) is 1. The maximum atomic E-state index is 13.0. The SMILES string of the molecule is CN(C)CCN=C(N)c1ccc(OCCON=C(C(=O)CCCC2C(=O)N(OS(=O)(=O)O)C2(C)C)c2csc(N)n2)cc1. The van der Waals surface area contributed by atoms with Gasteiger partial charge in [0.2, 0.25) is 0 Å².